The maximum absolute atomic E-state index is 12.9. The Morgan fingerprint density at radius 1 is 0.881 bits per heavy atom. The molecule has 0 aromatic heterocycles. The summed E-state index contributed by atoms with van der Waals surface area (Å²) in [6.07, 6.45) is -16.0. The van der Waals surface area contributed by atoms with Crippen LogP contribution in [-0.2, 0) is 14.2 Å². The lowest BCUT2D eigenvalue weighted by atomic mass is 9.95. The molecule has 10 N–H and O–H groups in total. The van der Waals surface area contributed by atoms with Crippen LogP contribution >= 0.6 is 0 Å². The first-order chi connectivity index (χ1) is 19.5. The molecule has 3 heterocycles. The van der Waals surface area contributed by atoms with Crippen molar-refractivity contribution >= 4 is 5.78 Å². The molecule has 2 saturated heterocycles. The number of hydrogen-bond donors (Lipinski definition) is 8. The maximum Gasteiger partial charge on any atom is 0.229 e. The molecule has 3 aliphatic rings. The Balaban J connectivity index is 0.00000405. The van der Waals surface area contributed by atoms with E-state index in [-0.39, 0.29) is 34.7 Å². The van der Waals surface area contributed by atoms with Gasteiger partial charge in [-0.15, -0.1) is 0 Å². The predicted molar refractivity (Wildman–Crippen MR) is 138 cm³/mol. The van der Waals surface area contributed by atoms with E-state index in [0.29, 0.717) is 5.56 Å². The van der Waals surface area contributed by atoms with Crippen molar-refractivity contribution < 1.29 is 74.8 Å². The van der Waals surface area contributed by atoms with Gasteiger partial charge in [-0.3, -0.25) is 4.79 Å². The lowest BCUT2D eigenvalue weighted by molar-refractivity contribution is -0.354. The van der Waals surface area contributed by atoms with Crippen LogP contribution in [0, 0.1) is 0 Å². The van der Waals surface area contributed by atoms with E-state index < -0.39 is 85.7 Å². The Kier molecular flexibility index (Phi) is 9.58. The van der Waals surface area contributed by atoms with E-state index in [1.54, 1.807) is 12.1 Å². The fraction of sp³-hybridized carbons (Fsp3) is 0.519. The van der Waals surface area contributed by atoms with Crippen LogP contribution in [0.15, 0.2) is 36.4 Å². The molecule has 0 saturated carbocycles. The van der Waals surface area contributed by atoms with Gasteiger partial charge in [-0.25, -0.2) is 0 Å². The van der Waals surface area contributed by atoms with Crippen LogP contribution in [0.1, 0.15) is 35.4 Å². The molecule has 42 heavy (non-hydrogen) atoms. The predicted octanol–water partition coefficient (Wildman–Crippen LogP) is -1.99. The highest BCUT2D eigenvalue weighted by Gasteiger charge is 2.51. The first kappa shape index (κ1) is 31.8. The van der Waals surface area contributed by atoms with Crippen LogP contribution in [0.5, 0.6) is 23.0 Å². The van der Waals surface area contributed by atoms with Crippen molar-refractivity contribution in [3.05, 3.63) is 47.5 Å². The van der Waals surface area contributed by atoms with Crippen LogP contribution in [0.2, 0.25) is 0 Å². The first-order valence-electron chi connectivity index (χ1n) is 13.0. The number of phenolic OH excluding ortho intramolecular Hbond substituents is 2. The van der Waals surface area contributed by atoms with E-state index in [1.165, 1.54) is 25.1 Å². The van der Waals surface area contributed by atoms with Crippen molar-refractivity contribution in [1.29, 1.82) is 0 Å². The van der Waals surface area contributed by atoms with Crippen LogP contribution in [0.4, 0.5) is 0 Å². The van der Waals surface area contributed by atoms with E-state index in [2.05, 4.69) is 0 Å². The fourth-order valence-corrected chi connectivity index (χ4v) is 5.07. The topological polar surface area (TPSA) is 257 Å². The van der Waals surface area contributed by atoms with Gasteiger partial charge in [0.2, 0.25) is 6.29 Å². The quantitative estimate of drug-likeness (QED) is 0.179. The van der Waals surface area contributed by atoms with Gasteiger partial charge >= 0.3 is 0 Å². The Morgan fingerprint density at radius 3 is 2.24 bits per heavy atom. The molecule has 232 valence electrons. The zero-order chi connectivity index (χ0) is 29.6. The van der Waals surface area contributed by atoms with Crippen molar-refractivity contribution in [2.75, 3.05) is 6.61 Å². The number of ketones is 1. The van der Waals surface area contributed by atoms with E-state index in [4.69, 9.17) is 23.7 Å². The third kappa shape index (κ3) is 6.02. The molecule has 0 unspecified atom stereocenters. The number of fused-ring (bicyclic) bond motifs is 1. The minimum absolute atomic E-state index is 0. The summed E-state index contributed by atoms with van der Waals surface area (Å²) in [5, 5.41) is 81.6. The van der Waals surface area contributed by atoms with Crippen LogP contribution in [-0.4, -0.2) is 120 Å². The second kappa shape index (κ2) is 12.6. The summed E-state index contributed by atoms with van der Waals surface area (Å²) in [5.74, 6) is -0.947. The molecule has 5 rings (SSSR count). The number of rotatable bonds is 6. The highest BCUT2D eigenvalue weighted by Crippen LogP contribution is 2.43. The molecule has 15 heteroatoms. The molecule has 2 aromatic carbocycles. The summed E-state index contributed by atoms with van der Waals surface area (Å²) >= 11 is 0. The molecule has 15 nitrogen and oxygen atoms in total. The van der Waals surface area contributed by atoms with Crippen molar-refractivity contribution in [1.82, 2.24) is 0 Å². The molecule has 0 aliphatic carbocycles. The van der Waals surface area contributed by atoms with Gasteiger partial charge in [-0.2, -0.15) is 0 Å². The van der Waals surface area contributed by atoms with Crippen molar-refractivity contribution in [3.63, 3.8) is 0 Å². The highest BCUT2D eigenvalue weighted by molar-refractivity contribution is 6.02. The normalized spacial score (nSPS) is 36.4. The van der Waals surface area contributed by atoms with Crippen molar-refractivity contribution in [2.24, 2.45) is 0 Å². The average molecular weight is 599 g/mol. The SMILES string of the molecule is C[C@@H]1O[C@@H](O[C@H]2[C@H](Oc3cc(O)c4c(c3)O[C@H](c3ccc(O)cc3)CC4=O)O[C@H](CO)[C@H](O)[C@@H]2O)[C@H](O)[C@H](O)[C@@H]1O.O. The van der Waals surface area contributed by atoms with Crippen LogP contribution in [0.25, 0.3) is 0 Å². The number of carbonyl (C=O) groups is 1. The monoisotopic (exact) mass is 598 g/mol. The first-order valence-corrected chi connectivity index (χ1v) is 13.0. The third-order valence-corrected chi connectivity index (χ3v) is 7.42. The maximum atomic E-state index is 12.9. The summed E-state index contributed by atoms with van der Waals surface area (Å²) in [5.41, 5.74) is 0.529. The Labute approximate surface area is 239 Å². The molecule has 0 bridgehead atoms. The molecule has 2 fully saturated rings. The summed E-state index contributed by atoms with van der Waals surface area (Å²) in [4.78, 5) is 12.9. The zero-order valence-corrected chi connectivity index (χ0v) is 22.3. The van der Waals surface area contributed by atoms with Gasteiger partial charge in [0.25, 0.3) is 0 Å². The second-order valence-corrected chi connectivity index (χ2v) is 10.2. The molecular formula is C27H34O15. The Bertz CT molecular complexity index is 1240. The van der Waals surface area contributed by atoms with Gasteiger partial charge in [-0.05, 0) is 24.6 Å². The van der Waals surface area contributed by atoms with Gasteiger partial charge in [0.15, 0.2) is 18.2 Å². The summed E-state index contributed by atoms with van der Waals surface area (Å²) in [7, 11) is 0. The van der Waals surface area contributed by atoms with Crippen molar-refractivity contribution in [3.8, 4) is 23.0 Å². The van der Waals surface area contributed by atoms with Gasteiger partial charge in [0.1, 0.15) is 71.3 Å². The molecule has 2 aromatic rings. The lowest BCUT2D eigenvalue weighted by Crippen LogP contribution is -2.64. The minimum atomic E-state index is -1.75. The summed E-state index contributed by atoms with van der Waals surface area (Å²) in [6, 6.07) is 8.50. The van der Waals surface area contributed by atoms with Gasteiger partial charge in [0, 0.05) is 12.1 Å². The smallest absolute Gasteiger partial charge is 0.229 e. The summed E-state index contributed by atoms with van der Waals surface area (Å²) in [6.45, 7) is 0.716. The number of carbonyl (C=O) groups excluding carboxylic acids is 1. The minimum Gasteiger partial charge on any atom is -0.508 e. The Morgan fingerprint density at radius 2 is 1.57 bits per heavy atom. The molecule has 3 aliphatic heterocycles. The second-order valence-electron chi connectivity index (χ2n) is 10.2. The number of aromatic hydroxyl groups is 2. The molecule has 0 amide bonds. The lowest BCUT2D eigenvalue weighted by Gasteiger charge is -2.45. The molecule has 11 atom stereocenters. The molecule has 0 radical (unpaired) electrons. The zero-order valence-electron chi connectivity index (χ0n) is 22.3. The standard InChI is InChI=1S/C27H32O14.H2O/c1-10-20(32)22(34)24(36)26(37-10)41-25-23(35)21(33)18(9-28)40-27(25)38-13-6-14(30)19-15(31)8-16(39-17(19)7-13)11-2-4-12(29)5-3-11;/h2-7,10,16,18,20-30,32-36H,8-9H2,1H3;1H2/t10-,16-,18+,20+,21-,22+,23-,24+,25+,26-,27+;/m0./s1. The van der Waals surface area contributed by atoms with E-state index >= 15 is 0 Å². The number of benzene rings is 2. The fourth-order valence-electron chi connectivity index (χ4n) is 5.07. The van der Waals surface area contributed by atoms with Crippen LogP contribution < -0.4 is 9.47 Å². The third-order valence-electron chi connectivity index (χ3n) is 7.42. The molecular weight excluding hydrogens is 564 g/mol. The van der Waals surface area contributed by atoms with E-state index in [1.807, 2.05) is 0 Å². The number of phenols is 2. The van der Waals surface area contributed by atoms with Crippen molar-refractivity contribution in [2.45, 2.75) is 80.9 Å². The number of hydrogen-bond acceptors (Lipinski definition) is 14. The van der Waals surface area contributed by atoms with E-state index in [9.17, 15) is 45.6 Å². The number of aliphatic hydroxyl groups excluding tert-OH is 6. The average Bonchev–Trinajstić information content (AvgIpc) is 2.94. The van der Waals surface area contributed by atoms with E-state index in [0.717, 1.165) is 6.07 Å². The Hall–Kier alpha value is -3.09. The van der Waals surface area contributed by atoms with Gasteiger partial charge in [0.05, 0.1) is 19.1 Å². The number of ether oxygens (including phenoxy) is 5. The largest absolute Gasteiger partial charge is 0.508 e. The molecule has 0 spiro atoms. The summed E-state index contributed by atoms with van der Waals surface area (Å²) < 4.78 is 28.6. The highest BCUT2D eigenvalue weighted by atomic mass is 16.8. The number of aliphatic hydroxyl groups is 6. The van der Waals surface area contributed by atoms with Gasteiger partial charge in [-0.1, -0.05) is 12.1 Å². The number of Topliss-reactive ketones (excluding diaryl/α,β-unsaturated/α-hetero) is 1. The van der Waals surface area contributed by atoms with Gasteiger partial charge < -0.3 is 70.0 Å². The van der Waals surface area contributed by atoms with Crippen LogP contribution in [0.3, 0.4) is 0 Å².